The normalized spacial score (nSPS) is 10.8. The van der Waals surface area contributed by atoms with Gasteiger partial charge in [0, 0.05) is 23.2 Å². The number of aryl methyl sites for hydroxylation is 1. The molecule has 0 aliphatic heterocycles. The van der Waals surface area contributed by atoms with E-state index in [0.29, 0.717) is 10.8 Å². The first-order valence-electron chi connectivity index (χ1n) is 7.77. The lowest BCUT2D eigenvalue weighted by Gasteiger charge is -2.05. The van der Waals surface area contributed by atoms with Crippen LogP contribution >= 0.6 is 22.7 Å². The van der Waals surface area contributed by atoms with Crippen molar-refractivity contribution in [2.45, 2.75) is 20.4 Å². The fourth-order valence-corrected chi connectivity index (χ4v) is 3.98. The molecule has 0 amide bonds. The minimum atomic E-state index is -0.604. The monoisotopic (exact) mass is 395 g/mol. The number of hydrogen-bond acceptors (Lipinski definition) is 7. The molecular weight excluding hydrogens is 380 g/mol. The molecule has 0 aliphatic carbocycles. The first kappa shape index (κ1) is 18.4. The zero-order valence-corrected chi connectivity index (χ0v) is 15.6. The van der Waals surface area contributed by atoms with Crippen LogP contribution in [-0.2, 0) is 11.3 Å². The van der Waals surface area contributed by atoms with Gasteiger partial charge in [-0.05, 0) is 26.0 Å². The van der Waals surface area contributed by atoms with E-state index in [9.17, 15) is 13.6 Å². The zero-order chi connectivity index (χ0) is 18.7. The number of halogens is 2. The highest BCUT2D eigenvalue weighted by atomic mass is 32.1. The highest BCUT2D eigenvalue weighted by Crippen LogP contribution is 2.34. The average molecular weight is 395 g/mol. The van der Waals surface area contributed by atoms with Crippen LogP contribution in [0.1, 0.15) is 27.2 Å². The number of nitrogens with zero attached hydrogens (tertiary/aromatic N) is 2. The predicted octanol–water partition coefficient (Wildman–Crippen LogP) is 4.64. The van der Waals surface area contributed by atoms with Gasteiger partial charge in [-0.25, -0.2) is 23.5 Å². The fraction of sp³-hybridized carbons (Fsp3) is 0.235. The van der Waals surface area contributed by atoms with Gasteiger partial charge in [0.25, 0.3) is 0 Å². The van der Waals surface area contributed by atoms with Crippen LogP contribution in [0.25, 0.3) is 10.6 Å². The van der Waals surface area contributed by atoms with Crippen molar-refractivity contribution in [3.8, 4) is 10.6 Å². The fourth-order valence-electron chi connectivity index (χ4n) is 2.24. The molecule has 3 aromatic rings. The van der Waals surface area contributed by atoms with Crippen LogP contribution in [0.5, 0.6) is 0 Å². The maximum atomic E-state index is 13.7. The number of benzene rings is 1. The lowest BCUT2D eigenvalue weighted by atomic mass is 10.2. The van der Waals surface area contributed by atoms with E-state index in [1.807, 2.05) is 6.92 Å². The van der Waals surface area contributed by atoms with E-state index in [0.717, 1.165) is 9.75 Å². The van der Waals surface area contributed by atoms with Gasteiger partial charge in [-0.3, -0.25) is 0 Å². The number of anilines is 1. The van der Waals surface area contributed by atoms with Crippen LogP contribution in [0, 0.1) is 18.6 Å². The molecule has 136 valence electrons. The Kier molecular flexibility index (Phi) is 5.58. The third-order valence-electron chi connectivity index (χ3n) is 3.46. The third kappa shape index (κ3) is 3.88. The summed E-state index contributed by atoms with van der Waals surface area (Å²) in [6.07, 6.45) is 1.57. The molecule has 1 N–H and O–H groups in total. The molecule has 5 nitrogen and oxygen atoms in total. The maximum absolute atomic E-state index is 13.7. The number of ether oxygens (including phenoxy) is 1. The maximum Gasteiger partial charge on any atom is 0.367 e. The van der Waals surface area contributed by atoms with Gasteiger partial charge in [0.1, 0.15) is 11.6 Å². The molecule has 0 fully saturated rings. The minimum Gasteiger partial charge on any atom is -0.461 e. The van der Waals surface area contributed by atoms with Gasteiger partial charge in [0.15, 0.2) is 5.13 Å². The lowest BCUT2D eigenvalue weighted by Crippen LogP contribution is -2.04. The minimum absolute atomic E-state index is 0.0122. The molecule has 0 aliphatic rings. The van der Waals surface area contributed by atoms with Gasteiger partial charge in [0.2, 0.25) is 5.01 Å². The summed E-state index contributed by atoms with van der Waals surface area (Å²) in [5.74, 6) is -1.68. The number of thiazole rings is 2. The van der Waals surface area contributed by atoms with Crippen molar-refractivity contribution in [3.63, 3.8) is 0 Å². The Morgan fingerprint density at radius 3 is 2.69 bits per heavy atom. The van der Waals surface area contributed by atoms with Crippen LogP contribution in [0.2, 0.25) is 0 Å². The predicted molar refractivity (Wildman–Crippen MR) is 97.6 cm³/mol. The van der Waals surface area contributed by atoms with Crippen molar-refractivity contribution in [1.82, 2.24) is 9.97 Å². The Hall–Kier alpha value is -2.39. The molecule has 9 heteroatoms. The topological polar surface area (TPSA) is 64.1 Å². The molecule has 0 spiro atoms. The van der Waals surface area contributed by atoms with Gasteiger partial charge in [-0.15, -0.1) is 22.7 Å². The highest BCUT2D eigenvalue weighted by molar-refractivity contribution is 7.18. The highest BCUT2D eigenvalue weighted by Gasteiger charge is 2.17. The molecule has 0 saturated heterocycles. The number of aromatic nitrogens is 2. The van der Waals surface area contributed by atoms with Crippen LogP contribution in [0.3, 0.4) is 0 Å². The van der Waals surface area contributed by atoms with E-state index in [1.165, 1.54) is 40.9 Å². The number of nitrogens with one attached hydrogen (secondary N) is 1. The molecule has 0 unspecified atom stereocenters. The number of rotatable bonds is 6. The van der Waals surface area contributed by atoms with Gasteiger partial charge in [-0.2, -0.15) is 0 Å². The van der Waals surface area contributed by atoms with Gasteiger partial charge in [-0.1, -0.05) is 6.07 Å². The Morgan fingerprint density at radius 2 is 2.00 bits per heavy atom. The van der Waals surface area contributed by atoms with E-state index in [4.69, 9.17) is 4.74 Å². The summed E-state index contributed by atoms with van der Waals surface area (Å²) in [5.41, 5.74) is 0.642. The van der Waals surface area contributed by atoms with Crippen molar-refractivity contribution in [3.05, 3.63) is 51.5 Å². The second kappa shape index (κ2) is 7.88. The van der Waals surface area contributed by atoms with Gasteiger partial charge in [0.05, 0.1) is 17.2 Å². The summed E-state index contributed by atoms with van der Waals surface area (Å²) in [7, 11) is 0. The molecule has 3 rings (SSSR count). The van der Waals surface area contributed by atoms with Crippen LogP contribution in [-0.4, -0.2) is 22.5 Å². The van der Waals surface area contributed by atoms with Crippen LogP contribution in [0.15, 0.2) is 24.4 Å². The van der Waals surface area contributed by atoms with E-state index >= 15 is 0 Å². The van der Waals surface area contributed by atoms with E-state index < -0.39 is 17.6 Å². The Labute approximate surface area is 156 Å². The zero-order valence-electron chi connectivity index (χ0n) is 14.0. The van der Waals surface area contributed by atoms with Crippen molar-refractivity contribution < 1.29 is 18.3 Å². The smallest absolute Gasteiger partial charge is 0.367 e. The van der Waals surface area contributed by atoms with Crippen LogP contribution in [0.4, 0.5) is 13.9 Å². The quantitative estimate of drug-likeness (QED) is 0.616. The lowest BCUT2D eigenvalue weighted by molar-refractivity contribution is 0.0526. The first-order valence-corrected chi connectivity index (χ1v) is 9.40. The van der Waals surface area contributed by atoms with Crippen molar-refractivity contribution in [1.29, 1.82) is 0 Å². The number of carbonyl (C=O) groups is 1. The second-order valence-corrected chi connectivity index (χ2v) is 7.46. The molecule has 2 aromatic heterocycles. The average Bonchev–Trinajstić information content (AvgIpc) is 3.21. The Morgan fingerprint density at radius 1 is 1.27 bits per heavy atom. The summed E-state index contributed by atoms with van der Waals surface area (Å²) >= 11 is 2.56. The molecule has 0 saturated carbocycles. The molecule has 2 heterocycles. The van der Waals surface area contributed by atoms with E-state index in [2.05, 4.69) is 15.3 Å². The summed E-state index contributed by atoms with van der Waals surface area (Å²) in [5, 5.41) is 3.74. The molecule has 1 aromatic carbocycles. The molecular formula is C17H15F2N3O2S2. The van der Waals surface area contributed by atoms with E-state index in [-0.39, 0.29) is 23.7 Å². The SMILES string of the molecule is CCOC(=O)c1ncc(-c2nc(NCc3c(F)cccc3F)sc2C)s1. The molecule has 0 radical (unpaired) electrons. The number of esters is 1. The van der Waals surface area contributed by atoms with Crippen molar-refractivity contribution in [2.75, 3.05) is 11.9 Å². The number of carbonyl (C=O) groups excluding carboxylic acids is 1. The van der Waals surface area contributed by atoms with Crippen LogP contribution < -0.4 is 5.32 Å². The standard InChI is InChI=1S/C17H15F2N3O2S2/c1-3-24-16(23)15-20-8-13(26-15)14-9(2)25-17(22-14)21-7-10-11(18)5-4-6-12(10)19/h4-6,8H,3,7H2,1-2H3,(H,21,22). The Bertz CT molecular complexity index is 920. The largest absolute Gasteiger partial charge is 0.461 e. The summed E-state index contributed by atoms with van der Waals surface area (Å²) in [6, 6.07) is 3.75. The molecule has 0 bridgehead atoms. The first-order chi connectivity index (χ1) is 12.5. The second-order valence-electron chi connectivity index (χ2n) is 5.23. The Balaban J connectivity index is 1.76. The van der Waals surface area contributed by atoms with Crippen molar-refractivity contribution in [2.24, 2.45) is 0 Å². The summed E-state index contributed by atoms with van der Waals surface area (Å²) in [6.45, 7) is 3.88. The summed E-state index contributed by atoms with van der Waals surface area (Å²) < 4.78 is 32.3. The third-order valence-corrected chi connectivity index (χ3v) is 5.38. The van der Waals surface area contributed by atoms with Gasteiger partial charge < -0.3 is 10.1 Å². The van der Waals surface area contributed by atoms with E-state index in [1.54, 1.807) is 13.1 Å². The molecule has 0 atom stereocenters. The summed E-state index contributed by atoms with van der Waals surface area (Å²) in [4.78, 5) is 21.9. The van der Waals surface area contributed by atoms with Gasteiger partial charge >= 0.3 is 5.97 Å². The van der Waals surface area contributed by atoms with Crippen molar-refractivity contribution >= 4 is 33.8 Å². The number of hydrogen-bond donors (Lipinski definition) is 1. The molecule has 26 heavy (non-hydrogen) atoms.